The first-order chi connectivity index (χ1) is 4.83. The van der Waals surface area contributed by atoms with Crippen molar-refractivity contribution in [1.29, 1.82) is 0 Å². The Kier molecular flexibility index (Phi) is 3.48. The lowest BCUT2D eigenvalue weighted by Crippen LogP contribution is -1.93. The van der Waals surface area contributed by atoms with E-state index in [0.717, 1.165) is 22.5 Å². The summed E-state index contributed by atoms with van der Waals surface area (Å²) in [6, 6.07) is 0. The van der Waals surface area contributed by atoms with E-state index < -0.39 is 0 Å². The van der Waals surface area contributed by atoms with Gasteiger partial charge in [-0.3, -0.25) is 0 Å². The van der Waals surface area contributed by atoms with Crippen LogP contribution in [0.4, 0.5) is 0 Å². The quantitative estimate of drug-likeness (QED) is 0.608. The fourth-order valence-corrected chi connectivity index (χ4v) is 1.30. The topological polar surface area (TPSA) is 17.8 Å². The second-order valence-electron chi connectivity index (χ2n) is 1.98. The predicted octanol–water partition coefficient (Wildman–Crippen LogP) is 2.12. The van der Waals surface area contributed by atoms with Gasteiger partial charge >= 0.3 is 0 Å². The summed E-state index contributed by atoms with van der Waals surface area (Å²) in [6.07, 6.45) is 4.84. The second kappa shape index (κ2) is 4.18. The van der Waals surface area contributed by atoms with Crippen LogP contribution in [0, 0.1) is 3.70 Å². The molecule has 0 aliphatic heterocycles. The third-order valence-corrected chi connectivity index (χ3v) is 1.98. The van der Waals surface area contributed by atoms with Gasteiger partial charge < -0.3 is 4.57 Å². The highest BCUT2D eigenvalue weighted by Crippen LogP contribution is 2.00. The summed E-state index contributed by atoms with van der Waals surface area (Å²) in [5, 5.41) is 0. The molecule has 0 bridgehead atoms. The fraction of sp³-hybridized carbons (Fsp3) is 0.500. The molecule has 1 aromatic heterocycles. The Bertz CT molecular complexity index is 199. The molecule has 0 aliphatic rings. The van der Waals surface area contributed by atoms with E-state index >= 15 is 0 Å². The zero-order chi connectivity index (χ0) is 7.40. The summed E-state index contributed by atoms with van der Waals surface area (Å²) in [4.78, 5) is 4.08. The zero-order valence-electron chi connectivity index (χ0n) is 5.43. The number of hydrogen-bond acceptors (Lipinski definition) is 1. The van der Waals surface area contributed by atoms with Gasteiger partial charge in [-0.05, 0) is 29.0 Å². The molecule has 0 aromatic carbocycles. The Hall–Kier alpha value is 0.230. The summed E-state index contributed by atoms with van der Waals surface area (Å²) in [5.74, 6) is 0.717. The van der Waals surface area contributed by atoms with Crippen LogP contribution in [0.3, 0.4) is 0 Å². The zero-order valence-corrected chi connectivity index (χ0v) is 8.34. The lowest BCUT2D eigenvalue weighted by atomic mass is 10.5. The molecular formula is C6H8ClIN2. The summed E-state index contributed by atoms with van der Waals surface area (Å²) >= 11 is 7.71. The van der Waals surface area contributed by atoms with Crippen molar-refractivity contribution in [3.8, 4) is 0 Å². The summed E-state index contributed by atoms with van der Waals surface area (Å²) in [7, 11) is 0. The van der Waals surface area contributed by atoms with E-state index in [1.807, 2.05) is 17.1 Å². The standard InChI is InChI=1S/C6H8ClIN2/c7-2-1-3-10-4-6(8)9-5-10/h4-5H,1-3H2. The second-order valence-corrected chi connectivity index (χ2v) is 3.46. The molecule has 0 unspecified atom stereocenters. The van der Waals surface area contributed by atoms with Crippen molar-refractivity contribution in [3.63, 3.8) is 0 Å². The van der Waals surface area contributed by atoms with Crippen LogP contribution in [0.2, 0.25) is 0 Å². The van der Waals surface area contributed by atoms with Crippen LogP contribution in [0.1, 0.15) is 6.42 Å². The molecule has 1 heterocycles. The Balaban J connectivity index is 2.42. The van der Waals surface area contributed by atoms with Gasteiger partial charge in [-0.25, -0.2) is 4.98 Å². The highest BCUT2D eigenvalue weighted by Gasteiger charge is 1.92. The molecule has 0 saturated carbocycles. The minimum atomic E-state index is 0.717. The van der Waals surface area contributed by atoms with E-state index in [0.29, 0.717) is 0 Å². The van der Waals surface area contributed by atoms with Gasteiger partial charge in [0, 0.05) is 18.6 Å². The molecule has 0 N–H and O–H groups in total. The van der Waals surface area contributed by atoms with E-state index in [9.17, 15) is 0 Å². The van der Waals surface area contributed by atoms with Crippen LogP contribution in [-0.4, -0.2) is 15.4 Å². The predicted molar refractivity (Wildman–Crippen MR) is 50.3 cm³/mol. The minimum absolute atomic E-state index is 0.717. The molecule has 0 saturated heterocycles. The molecular weight excluding hydrogens is 262 g/mol. The average Bonchev–Trinajstić information content (AvgIpc) is 2.31. The van der Waals surface area contributed by atoms with E-state index in [-0.39, 0.29) is 0 Å². The maximum absolute atomic E-state index is 5.52. The highest BCUT2D eigenvalue weighted by molar-refractivity contribution is 14.1. The lowest BCUT2D eigenvalue weighted by Gasteiger charge is -1.95. The van der Waals surface area contributed by atoms with Crippen molar-refractivity contribution in [2.45, 2.75) is 13.0 Å². The van der Waals surface area contributed by atoms with Crippen molar-refractivity contribution >= 4 is 34.2 Å². The Morgan fingerprint density at radius 2 is 2.50 bits per heavy atom. The van der Waals surface area contributed by atoms with Gasteiger partial charge in [0.25, 0.3) is 0 Å². The summed E-state index contributed by atoms with van der Waals surface area (Å²) in [5.41, 5.74) is 0. The van der Waals surface area contributed by atoms with E-state index in [1.165, 1.54) is 0 Å². The molecule has 0 aliphatic carbocycles. The van der Waals surface area contributed by atoms with Crippen LogP contribution in [0.25, 0.3) is 0 Å². The smallest absolute Gasteiger partial charge is 0.119 e. The van der Waals surface area contributed by atoms with Gasteiger partial charge in [0.05, 0.1) is 6.33 Å². The molecule has 56 valence electrons. The number of hydrogen-bond donors (Lipinski definition) is 0. The molecule has 1 aromatic rings. The first-order valence-electron chi connectivity index (χ1n) is 3.06. The molecule has 0 fully saturated rings. The maximum atomic E-state index is 5.52. The number of aryl methyl sites for hydroxylation is 1. The van der Waals surface area contributed by atoms with Gasteiger partial charge in [0.1, 0.15) is 3.70 Å². The van der Waals surface area contributed by atoms with Crippen molar-refractivity contribution < 1.29 is 0 Å². The van der Waals surface area contributed by atoms with Crippen LogP contribution in [-0.2, 0) is 6.54 Å². The molecule has 0 spiro atoms. The number of aromatic nitrogens is 2. The van der Waals surface area contributed by atoms with E-state index in [1.54, 1.807) is 0 Å². The molecule has 1 rings (SSSR count). The van der Waals surface area contributed by atoms with Crippen LogP contribution in [0.5, 0.6) is 0 Å². The fourth-order valence-electron chi connectivity index (χ4n) is 0.697. The molecule has 2 nitrogen and oxygen atoms in total. The number of nitrogens with zero attached hydrogens (tertiary/aromatic N) is 2. The normalized spacial score (nSPS) is 10.2. The first kappa shape index (κ1) is 8.33. The van der Waals surface area contributed by atoms with Gasteiger partial charge in [-0.1, -0.05) is 0 Å². The molecule has 0 amide bonds. The first-order valence-corrected chi connectivity index (χ1v) is 4.67. The Morgan fingerprint density at radius 3 is 3.00 bits per heavy atom. The Morgan fingerprint density at radius 1 is 1.70 bits per heavy atom. The molecule has 4 heteroatoms. The number of imidazole rings is 1. The van der Waals surface area contributed by atoms with Crippen molar-refractivity contribution in [1.82, 2.24) is 9.55 Å². The minimum Gasteiger partial charge on any atom is -0.336 e. The summed E-state index contributed by atoms with van der Waals surface area (Å²) < 4.78 is 3.08. The summed E-state index contributed by atoms with van der Waals surface area (Å²) in [6.45, 7) is 0.972. The Labute approximate surface area is 78.7 Å². The SMILES string of the molecule is ClCCCn1cnc(I)c1. The lowest BCUT2D eigenvalue weighted by molar-refractivity contribution is 0.681. The van der Waals surface area contributed by atoms with Crippen LogP contribution < -0.4 is 0 Å². The van der Waals surface area contributed by atoms with E-state index in [4.69, 9.17) is 11.6 Å². The largest absolute Gasteiger partial charge is 0.336 e. The van der Waals surface area contributed by atoms with E-state index in [2.05, 4.69) is 27.6 Å². The van der Waals surface area contributed by atoms with Gasteiger partial charge in [0.15, 0.2) is 0 Å². The third-order valence-electron chi connectivity index (χ3n) is 1.15. The molecule has 0 radical (unpaired) electrons. The van der Waals surface area contributed by atoms with Crippen LogP contribution in [0.15, 0.2) is 12.5 Å². The monoisotopic (exact) mass is 270 g/mol. The van der Waals surface area contributed by atoms with Crippen molar-refractivity contribution in [2.75, 3.05) is 5.88 Å². The highest BCUT2D eigenvalue weighted by atomic mass is 127. The number of halogens is 2. The van der Waals surface area contributed by atoms with Crippen molar-refractivity contribution in [3.05, 3.63) is 16.2 Å². The van der Waals surface area contributed by atoms with Gasteiger partial charge in [-0.2, -0.15) is 0 Å². The van der Waals surface area contributed by atoms with Crippen molar-refractivity contribution in [2.24, 2.45) is 0 Å². The molecule has 10 heavy (non-hydrogen) atoms. The van der Waals surface area contributed by atoms with Gasteiger partial charge in [0.2, 0.25) is 0 Å². The number of rotatable bonds is 3. The van der Waals surface area contributed by atoms with Gasteiger partial charge in [-0.15, -0.1) is 11.6 Å². The van der Waals surface area contributed by atoms with Crippen LogP contribution >= 0.6 is 34.2 Å². The molecule has 0 atom stereocenters. The third kappa shape index (κ3) is 2.46. The maximum Gasteiger partial charge on any atom is 0.119 e. The average molecular weight is 271 g/mol. The number of alkyl halides is 1.